The largest absolute Gasteiger partial charge is 0.354 e. The summed E-state index contributed by atoms with van der Waals surface area (Å²) in [7, 11) is 0. The fourth-order valence-electron chi connectivity index (χ4n) is 2.44. The third-order valence-electron chi connectivity index (χ3n) is 3.92. The molecule has 2 aromatic carbocycles. The average molecular weight is 359 g/mol. The van der Waals surface area contributed by atoms with Gasteiger partial charge in [0.15, 0.2) is 0 Å². The maximum absolute atomic E-state index is 12.0. The monoisotopic (exact) mass is 358 g/mol. The molecule has 132 valence electrons. The molecule has 0 aliphatic carbocycles. The van der Waals surface area contributed by atoms with Gasteiger partial charge >= 0.3 is 0 Å². The van der Waals surface area contributed by atoms with E-state index in [1.807, 2.05) is 43.3 Å². The van der Waals surface area contributed by atoms with E-state index in [1.54, 1.807) is 24.0 Å². The van der Waals surface area contributed by atoms with Crippen LogP contribution >= 0.6 is 11.6 Å². The average Bonchev–Trinajstić information content (AvgIpc) is 2.57. The Morgan fingerprint density at radius 3 is 2.20 bits per heavy atom. The topological polar surface area (TPSA) is 49.4 Å². The Morgan fingerprint density at radius 1 is 1.00 bits per heavy atom. The van der Waals surface area contributed by atoms with Crippen molar-refractivity contribution in [2.75, 3.05) is 13.1 Å². The normalized spacial score (nSPS) is 10.4. The Hall–Kier alpha value is -2.33. The van der Waals surface area contributed by atoms with Gasteiger partial charge in [0.1, 0.15) is 0 Å². The molecular weight excluding hydrogens is 336 g/mol. The van der Waals surface area contributed by atoms with Gasteiger partial charge in [-0.25, -0.2) is 0 Å². The van der Waals surface area contributed by atoms with E-state index in [1.165, 1.54) is 5.56 Å². The van der Waals surface area contributed by atoms with E-state index in [0.29, 0.717) is 31.1 Å². The minimum Gasteiger partial charge on any atom is -0.354 e. The molecule has 0 atom stereocenters. The Labute approximate surface area is 153 Å². The van der Waals surface area contributed by atoms with E-state index >= 15 is 0 Å². The van der Waals surface area contributed by atoms with Crippen LogP contribution in [0.25, 0.3) is 0 Å². The van der Waals surface area contributed by atoms with Crippen LogP contribution < -0.4 is 5.32 Å². The van der Waals surface area contributed by atoms with Crippen LogP contribution in [0.5, 0.6) is 0 Å². The lowest BCUT2D eigenvalue weighted by Gasteiger charge is -2.21. The number of nitrogens with one attached hydrogen (secondary N) is 1. The molecule has 0 aliphatic rings. The molecule has 0 fully saturated rings. The van der Waals surface area contributed by atoms with Crippen molar-refractivity contribution in [1.82, 2.24) is 10.2 Å². The summed E-state index contributed by atoms with van der Waals surface area (Å²) >= 11 is 5.83. The molecule has 0 radical (unpaired) electrons. The highest BCUT2D eigenvalue weighted by Gasteiger charge is 2.10. The van der Waals surface area contributed by atoms with Crippen molar-refractivity contribution in [3.05, 3.63) is 70.2 Å². The summed E-state index contributed by atoms with van der Waals surface area (Å²) < 4.78 is 0. The van der Waals surface area contributed by atoms with Crippen LogP contribution in [0.3, 0.4) is 0 Å². The van der Waals surface area contributed by atoms with Gasteiger partial charge in [-0.1, -0.05) is 53.6 Å². The van der Waals surface area contributed by atoms with E-state index in [0.717, 1.165) is 11.1 Å². The van der Waals surface area contributed by atoms with Crippen LogP contribution in [0, 0.1) is 6.92 Å². The number of hydrogen-bond acceptors (Lipinski definition) is 2. The number of rotatable bonds is 7. The molecule has 25 heavy (non-hydrogen) atoms. The number of amides is 2. The second-order valence-corrected chi connectivity index (χ2v) is 6.52. The van der Waals surface area contributed by atoms with Crippen molar-refractivity contribution in [3.8, 4) is 0 Å². The number of carbonyl (C=O) groups excluding carboxylic acids is 2. The van der Waals surface area contributed by atoms with Crippen molar-refractivity contribution in [3.63, 3.8) is 0 Å². The molecule has 0 saturated carbocycles. The lowest BCUT2D eigenvalue weighted by Crippen LogP contribution is -2.37. The number of halogens is 1. The van der Waals surface area contributed by atoms with Crippen LogP contribution in [-0.2, 0) is 22.6 Å². The molecule has 0 aliphatic heterocycles. The van der Waals surface area contributed by atoms with Crippen LogP contribution in [0.1, 0.15) is 23.6 Å². The van der Waals surface area contributed by atoms with Crippen molar-refractivity contribution in [2.45, 2.75) is 26.8 Å². The molecule has 5 heteroatoms. The summed E-state index contributed by atoms with van der Waals surface area (Å²) in [6.45, 7) is 5.03. The minimum atomic E-state index is -0.0684. The summed E-state index contributed by atoms with van der Waals surface area (Å²) in [5, 5.41) is 3.51. The van der Waals surface area contributed by atoms with Gasteiger partial charge in [-0.15, -0.1) is 0 Å². The zero-order chi connectivity index (χ0) is 18.2. The Bertz CT molecular complexity index is 711. The van der Waals surface area contributed by atoms with E-state index < -0.39 is 0 Å². The molecule has 2 amide bonds. The number of nitrogens with zero attached hydrogens (tertiary/aromatic N) is 1. The third kappa shape index (κ3) is 6.59. The quantitative estimate of drug-likeness (QED) is 0.825. The first-order chi connectivity index (χ1) is 11.9. The van der Waals surface area contributed by atoms with E-state index in [2.05, 4.69) is 5.32 Å². The highest BCUT2D eigenvalue weighted by atomic mass is 35.5. The molecule has 0 spiro atoms. The Morgan fingerprint density at radius 2 is 1.60 bits per heavy atom. The van der Waals surface area contributed by atoms with Gasteiger partial charge in [0.25, 0.3) is 0 Å². The van der Waals surface area contributed by atoms with Gasteiger partial charge in [-0.3, -0.25) is 9.59 Å². The highest BCUT2D eigenvalue weighted by Crippen LogP contribution is 2.10. The molecule has 2 aromatic rings. The zero-order valence-corrected chi connectivity index (χ0v) is 15.3. The smallest absolute Gasteiger partial charge is 0.224 e. The molecule has 0 heterocycles. The summed E-state index contributed by atoms with van der Waals surface area (Å²) in [5.41, 5.74) is 3.17. The van der Waals surface area contributed by atoms with Crippen LogP contribution in [0.15, 0.2) is 48.5 Å². The molecule has 0 saturated heterocycles. The first kappa shape index (κ1) is 19.0. The van der Waals surface area contributed by atoms with Crippen molar-refractivity contribution in [1.29, 1.82) is 0 Å². The molecule has 0 bridgehead atoms. The van der Waals surface area contributed by atoms with Crippen LogP contribution in [-0.4, -0.2) is 29.8 Å². The molecule has 0 aromatic heterocycles. The Balaban J connectivity index is 1.80. The van der Waals surface area contributed by atoms with Gasteiger partial charge in [0.05, 0.1) is 6.42 Å². The van der Waals surface area contributed by atoms with E-state index in [-0.39, 0.29) is 11.8 Å². The maximum atomic E-state index is 12.0. The molecule has 4 nitrogen and oxygen atoms in total. The molecule has 0 unspecified atom stereocenters. The van der Waals surface area contributed by atoms with Gasteiger partial charge in [0, 0.05) is 31.6 Å². The second-order valence-electron chi connectivity index (χ2n) is 6.08. The SMILES string of the molecule is CC(=O)N(CCNC(=O)Cc1ccc(Cl)cc1)Cc1ccc(C)cc1. The van der Waals surface area contributed by atoms with E-state index in [9.17, 15) is 9.59 Å². The van der Waals surface area contributed by atoms with Gasteiger partial charge in [0.2, 0.25) is 11.8 Å². The lowest BCUT2D eigenvalue weighted by atomic mass is 10.1. The fraction of sp³-hybridized carbons (Fsp3) is 0.300. The second kappa shape index (κ2) is 9.23. The first-order valence-corrected chi connectivity index (χ1v) is 8.64. The highest BCUT2D eigenvalue weighted by molar-refractivity contribution is 6.30. The number of benzene rings is 2. The maximum Gasteiger partial charge on any atom is 0.224 e. The third-order valence-corrected chi connectivity index (χ3v) is 4.17. The van der Waals surface area contributed by atoms with Crippen molar-refractivity contribution < 1.29 is 9.59 Å². The van der Waals surface area contributed by atoms with Crippen LogP contribution in [0.2, 0.25) is 5.02 Å². The standard InChI is InChI=1S/C20H23ClN2O2/c1-15-3-5-18(6-4-15)14-23(16(2)24)12-11-22-20(25)13-17-7-9-19(21)10-8-17/h3-10H,11-14H2,1-2H3,(H,22,25). The van der Waals surface area contributed by atoms with E-state index in [4.69, 9.17) is 11.6 Å². The van der Waals surface area contributed by atoms with Crippen molar-refractivity contribution in [2.24, 2.45) is 0 Å². The number of hydrogen-bond donors (Lipinski definition) is 1. The summed E-state index contributed by atoms with van der Waals surface area (Å²) in [4.78, 5) is 25.5. The molecule has 1 N–H and O–H groups in total. The predicted octanol–water partition coefficient (Wildman–Crippen LogP) is 3.36. The van der Waals surface area contributed by atoms with Crippen LogP contribution in [0.4, 0.5) is 0 Å². The first-order valence-electron chi connectivity index (χ1n) is 8.26. The zero-order valence-electron chi connectivity index (χ0n) is 14.6. The number of aryl methyl sites for hydroxylation is 1. The molecule has 2 rings (SSSR count). The summed E-state index contributed by atoms with van der Waals surface area (Å²) in [6.07, 6.45) is 0.301. The van der Waals surface area contributed by atoms with Crippen molar-refractivity contribution >= 4 is 23.4 Å². The van der Waals surface area contributed by atoms with Gasteiger partial charge in [-0.2, -0.15) is 0 Å². The van der Waals surface area contributed by atoms with Gasteiger partial charge in [-0.05, 0) is 30.2 Å². The predicted molar refractivity (Wildman–Crippen MR) is 100 cm³/mol. The lowest BCUT2D eigenvalue weighted by molar-refractivity contribution is -0.130. The minimum absolute atomic E-state index is 0.00692. The summed E-state index contributed by atoms with van der Waals surface area (Å²) in [5.74, 6) is -0.0753. The van der Waals surface area contributed by atoms with Gasteiger partial charge < -0.3 is 10.2 Å². The fourth-order valence-corrected chi connectivity index (χ4v) is 2.57. The number of carbonyl (C=O) groups is 2. The molecular formula is C20H23ClN2O2. The summed E-state index contributed by atoms with van der Waals surface area (Å²) in [6, 6.07) is 15.3. The Kier molecular flexibility index (Phi) is 7.02.